The van der Waals surface area contributed by atoms with E-state index < -0.39 is 0 Å². The number of hydrogen-bond acceptors (Lipinski definition) is 3. The number of rotatable bonds is 1. The summed E-state index contributed by atoms with van der Waals surface area (Å²) in [5, 5.41) is 8.48. The Kier molecular flexibility index (Phi) is 2.24. The van der Waals surface area contributed by atoms with Gasteiger partial charge in [-0.05, 0) is 34.5 Å². The highest BCUT2D eigenvalue weighted by molar-refractivity contribution is 9.10. The molecule has 54 valence electrons. The molecule has 3 nitrogen and oxygen atoms in total. The van der Waals surface area contributed by atoms with Gasteiger partial charge >= 0.3 is 0 Å². The number of nitrogens with one attached hydrogen (secondary N) is 1. The zero-order valence-corrected chi connectivity index (χ0v) is 7.01. The third-order valence-corrected chi connectivity index (χ3v) is 1.58. The Bertz CT molecular complexity index is 239. The molecule has 1 heterocycles. The third-order valence-electron chi connectivity index (χ3n) is 1.15. The second-order valence-corrected chi connectivity index (χ2v) is 2.85. The lowest BCUT2D eigenvalue weighted by Crippen LogP contribution is -1.95. The molecule has 0 atom stereocenters. The van der Waals surface area contributed by atoms with Crippen LogP contribution in [0.4, 0.5) is 5.82 Å². The Morgan fingerprint density at radius 1 is 1.70 bits per heavy atom. The molecule has 0 saturated heterocycles. The number of nitrogens with zero attached hydrogens (tertiary/aromatic N) is 1. The predicted molar refractivity (Wildman–Crippen MR) is 42.1 cm³/mol. The molecule has 0 fully saturated rings. The lowest BCUT2D eigenvalue weighted by molar-refractivity contribution is 0.385. The van der Waals surface area contributed by atoms with Gasteiger partial charge in [-0.1, -0.05) is 0 Å². The molecule has 1 aromatic rings. The summed E-state index contributed by atoms with van der Waals surface area (Å²) in [6.45, 7) is 1.86. The van der Waals surface area contributed by atoms with Crippen LogP contribution in [0.15, 0.2) is 16.7 Å². The van der Waals surface area contributed by atoms with E-state index in [-0.39, 0.29) is 0 Å². The maximum absolute atomic E-state index is 8.48. The number of hydrogen-bond donors (Lipinski definition) is 2. The van der Waals surface area contributed by atoms with Crippen LogP contribution in [0.2, 0.25) is 0 Å². The quantitative estimate of drug-likeness (QED) is 0.685. The first-order valence-electron chi connectivity index (χ1n) is 2.76. The summed E-state index contributed by atoms with van der Waals surface area (Å²) < 4.78 is 0.906. The van der Waals surface area contributed by atoms with Crippen molar-refractivity contribution in [2.45, 2.75) is 6.92 Å². The van der Waals surface area contributed by atoms with Crippen LogP contribution >= 0.6 is 15.9 Å². The maximum atomic E-state index is 8.48. The molecule has 1 aromatic heterocycles. The molecule has 0 saturated carbocycles. The average Bonchev–Trinajstić information content (AvgIpc) is 1.88. The van der Waals surface area contributed by atoms with Gasteiger partial charge in [0.25, 0.3) is 0 Å². The summed E-state index contributed by atoms with van der Waals surface area (Å²) in [5.41, 5.74) is 2.89. The van der Waals surface area contributed by atoms with Crippen molar-refractivity contribution in [1.29, 1.82) is 0 Å². The van der Waals surface area contributed by atoms with Gasteiger partial charge < -0.3 is 0 Å². The standard InChI is InChI=1S/C6H7BrN2O/c1-4-2-5(7)3-8-6(4)9-10/h2-3,10H,1H3,(H,8,9). The summed E-state index contributed by atoms with van der Waals surface area (Å²) >= 11 is 3.25. The zero-order chi connectivity index (χ0) is 7.56. The summed E-state index contributed by atoms with van der Waals surface area (Å²) in [7, 11) is 0. The van der Waals surface area contributed by atoms with Crippen molar-refractivity contribution in [2.24, 2.45) is 0 Å². The molecule has 0 amide bonds. The SMILES string of the molecule is Cc1cc(Br)cnc1NO. The van der Waals surface area contributed by atoms with Crippen molar-refractivity contribution < 1.29 is 5.21 Å². The van der Waals surface area contributed by atoms with E-state index in [0.717, 1.165) is 10.0 Å². The van der Waals surface area contributed by atoms with Gasteiger partial charge in [-0.2, -0.15) is 0 Å². The lowest BCUT2D eigenvalue weighted by atomic mass is 10.3. The molecule has 4 heteroatoms. The third kappa shape index (κ3) is 1.46. The van der Waals surface area contributed by atoms with Gasteiger partial charge in [0.2, 0.25) is 0 Å². The Hall–Kier alpha value is -0.610. The largest absolute Gasteiger partial charge is 0.290 e. The minimum atomic E-state index is 0.489. The minimum absolute atomic E-state index is 0.489. The summed E-state index contributed by atoms with van der Waals surface area (Å²) in [6, 6.07) is 1.87. The highest BCUT2D eigenvalue weighted by Gasteiger charge is 1.96. The smallest absolute Gasteiger partial charge is 0.152 e. The first-order chi connectivity index (χ1) is 4.74. The van der Waals surface area contributed by atoms with E-state index in [0.29, 0.717) is 5.82 Å². The molecule has 0 bridgehead atoms. The van der Waals surface area contributed by atoms with E-state index in [9.17, 15) is 0 Å². The Morgan fingerprint density at radius 3 is 2.90 bits per heavy atom. The van der Waals surface area contributed by atoms with E-state index in [1.807, 2.05) is 18.5 Å². The van der Waals surface area contributed by atoms with Crippen molar-refractivity contribution >= 4 is 21.7 Å². The molecule has 1 rings (SSSR count). The number of halogens is 1. The van der Waals surface area contributed by atoms with Gasteiger partial charge in [-0.3, -0.25) is 10.7 Å². The van der Waals surface area contributed by atoms with Gasteiger partial charge in [0.15, 0.2) is 5.82 Å². The average molecular weight is 203 g/mol. The Labute approximate surface area is 67.2 Å². The van der Waals surface area contributed by atoms with Gasteiger partial charge in [0.05, 0.1) is 0 Å². The molecule has 2 N–H and O–H groups in total. The molecule has 0 spiro atoms. The first-order valence-corrected chi connectivity index (χ1v) is 3.55. The van der Waals surface area contributed by atoms with E-state index in [1.54, 1.807) is 6.20 Å². The summed E-state index contributed by atoms with van der Waals surface area (Å²) in [5.74, 6) is 0.489. The zero-order valence-electron chi connectivity index (χ0n) is 5.43. The molecule has 0 radical (unpaired) electrons. The molecule has 0 aromatic carbocycles. The Balaban J connectivity index is 3.07. The fourth-order valence-electron chi connectivity index (χ4n) is 0.658. The summed E-state index contributed by atoms with van der Waals surface area (Å²) in [6.07, 6.45) is 1.62. The molecular weight excluding hydrogens is 196 g/mol. The molecule has 0 unspecified atom stereocenters. The number of aryl methyl sites for hydroxylation is 1. The molecule has 0 aliphatic heterocycles. The van der Waals surface area contributed by atoms with Gasteiger partial charge in [0, 0.05) is 10.7 Å². The molecule has 0 aliphatic rings. The van der Waals surface area contributed by atoms with E-state index in [4.69, 9.17) is 5.21 Å². The van der Waals surface area contributed by atoms with Gasteiger partial charge in [0.1, 0.15) is 0 Å². The highest BCUT2D eigenvalue weighted by atomic mass is 79.9. The lowest BCUT2D eigenvalue weighted by Gasteiger charge is -2.00. The van der Waals surface area contributed by atoms with E-state index >= 15 is 0 Å². The topological polar surface area (TPSA) is 45.2 Å². The van der Waals surface area contributed by atoms with Crippen molar-refractivity contribution in [2.75, 3.05) is 5.48 Å². The summed E-state index contributed by atoms with van der Waals surface area (Å²) in [4.78, 5) is 3.89. The molecular formula is C6H7BrN2O. The van der Waals surface area contributed by atoms with Crippen LogP contribution in [0.5, 0.6) is 0 Å². The van der Waals surface area contributed by atoms with E-state index in [2.05, 4.69) is 20.9 Å². The van der Waals surface area contributed by atoms with Crippen molar-refractivity contribution in [3.05, 3.63) is 22.3 Å². The fraction of sp³-hybridized carbons (Fsp3) is 0.167. The molecule has 10 heavy (non-hydrogen) atoms. The predicted octanol–water partition coefficient (Wildman–Crippen LogP) is 1.95. The normalized spacial score (nSPS) is 9.50. The second kappa shape index (κ2) is 2.98. The van der Waals surface area contributed by atoms with Crippen LogP contribution in [0.25, 0.3) is 0 Å². The maximum Gasteiger partial charge on any atom is 0.152 e. The highest BCUT2D eigenvalue weighted by Crippen LogP contribution is 2.15. The van der Waals surface area contributed by atoms with Crippen molar-refractivity contribution in [1.82, 2.24) is 4.98 Å². The van der Waals surface area contributed by atoms with Crippen LogP contribution < -0.4 is 5.48 Å². The fourth-order valence-corrected chi connectivity index (χ4v) is 1.10. The van der Waals surface area contributed by atoms with Crippen molar-refractivity contribution in [3.8, 4) is 0 Å². The van der Waals surface area contributed by atoms with Gasteiger partial charge in [-0.15, -0.1) is 0 Å². The molecule has 0 aliphatic carbocycles. The van der Waals surface area contributed by atoms with Crippen molar-refractivity contribution in [3.63, 3.8) is 0 Å². The van der Waals surface area contributed by atoms with Crippen LogP contribution in [-0.2, 0) is 0 Å². The first kappa shape index (κ1) is 7.50. The van der Waals surface area contributed by atoms with Crippen LogP contribution in [0.1, 0.15) is 5.56 Å². The van der Waals surface area contributed by atoms with Gasteiger partial charge in [-0.25, -0.2) is 4.98 Å². The van der Waals surface area contributed by atoms with Crippen LogP contribution in [0, 0.1) is 6.92 Å². The monoisotopic (exact) mass is 202 g/mol. The van der Waals surface area contributed by atoms with Crippen LogP contribution in [0.3, 0.4) is 0 Å². The number of pyridine rings is 1. The number of anilines is 1. The van der Waals surface area contributed by atoms with E-state index in [1.165, 1.54) is 0 Å². The van der Waals surface area contributed by atoms with Crippen LogP contribution in [-0.4, -0.2) is 10.2 Å². The number of aromatic nitrogens is 1. The minimum Gasteiger partial charge on any atom is -0.290 e. The second-order valence-electron chi connectivity index (χ2n) is 1.93. The Morgan fingerprint density at radius 2 is 2.40 bits per heavy atom.